The molecule has 1 aliphatic rings. The fourth-order valence-corrected chi connectivity index (χ4v) is 4.57. The molecule has 37 heavy (non-hydrogen) atoms. The first-order valence-corrected chi connectivity index (χ1v) is 12.4. The lowest BCUT2D eigenvalue weighted by molar-refractivity contribution is 0.0748. The summed E-state index contributed by atoms with van der Waals surface area (Å²) in [5.41, 5.74) is 2.63. The highest BCUT2D eigenvalue weighted by Crippen LogP contribution is 2.32. The van der Waals surface area contributed by atoms with E-state index in [9.17, 15) is 14.7 Å². The first-order valence-electron chi connectivity index (χ1n) is 12.4. The number of hydrogen-bond acceptors (Lipinski definition) is 7. The van der Waals surface area contributed by atoms with Gasteiger partial charge in [-0.05, 0) is 47.0 Å². The molecule has 0 saturated carbocycles. The zero-order valence-electron chi connectivity index (χ0n) is 20.6. The van der Waals surface area contributed by atoms with Crippen molar-refractivity contribution in [2.75, 3.05) is 37.6 Å². The van der Waals surface area contributed by atoms with Crippen LogP contribution in [0.25, 0.3) is 21.9 Å². The summed E-state index contributed by atoms with van der Waals surface area (Å²) in [7, 11) is 0. The van der Waals surface area contributed by atoms with Gasteiger partial charge in [0, 0.05) is 50.0 Å². The summed E-state index contributed by atoms with van der Waals surface area (Å²) >= 11 is 0. The molecule has 9 nitrogen and oxygen atoms in total. The number of benzene rings is 2. The van der Waals surface area contributed by atoms with Gasteiger partial charge < -0.3 is 20.2 Å². The van der Waals surface area contributed by atoms with Crippen molar-refractivity contribution in [3.05, 3.63) is 78.2 Å². The van der Waals surface area contributed by atoms with Gasteiger partial charge in [-0.25, -0.2) is 0 Å². The summed E-state index contributed by atoms with van der Waals surface area (Å²) < 4.78 is 0. The summed E-state index contributed by atoms with van der Waals surface area (Å²) in [6, 6.07) is 16.7. The molecule has 0 unspecified atom stereocenters. The average molecular weight is 497 g/mol. The maximum Gasteiger partial charge on any atom is 0.271 e. The van der Waals surface area contributed by atoms with Gasteiger partial charge >= 0.3 is 0 Å². The highest BCUT2D eigenvalue weighted by Gasteiger charge is 2.25. The van der Waals surface area contributed by atoms with Gasteiger partial charge in [0.2, 0.25) is 0 Å². The Kier molecular flexibility index (Phi) is 6.93. The normalized spacial score (nSPS) is 13.5. The molecule has 9 heteroatoms. The van der Waals surface area contributed by atoms with Crippen molar-refractivity contribution >= 4 is 28.4 Å². The second-order valence-electron chi connectivity index (χ2n) is 8.95. The monoisotopic (exact) mass is 496 g/mol. The van der Waals surface area contributed by atoms with Crippen molar-refractivity contribution in [1.29, 1.82) is 0 Å². The van der Waals surface area contributed by atoms with Gasteiger partial charge in [-0.15, -0.1) is 10.2 Å². The van der Waals surface area contributed by atoms with E-state index in [-0.39, 0.29) is 17.6 Å². The van der Waals surface area contributed by atoms with Crippen LogP contribution in [0.4, 0.5) is 5.82 Å². The van der Waals surface area contributed by atoms with E-state index in [1.807, 2.05) is 48.2 Å². The van der Waals surface area contributed by atoms with Crippen molar-refractivity contribution < 1.29 is 14.7 Å². The number of aromatic hydroxyl groups is 1. The Balaban J connectivity index is 1.30. The SMILES string of the molecule is CCCNC(=O)c1ccc(N2CCN(C(=O)c3ccc(-c4cncc(O)c4)c4ccccc34)CC2)nn1. The standard InChI is InChI=1S/C28H28N6O3/c1-2-11-30-27(36)25-9-10-26(32-31-25)33-12-14-34(15-13-33)28(37)24-8-7-21(19-16-20(35)18-29-17-19)22-5-3-4-6-23(22)24/h3-10,16-18,35H,2,11-15H2,1H3,(H,30,36). The number of fused-ring (bicyclic) bond motifs is 1. The Morgan fingerprint density at radius 2 is 1.73 bits per heavy atom. The van der Waals surface area contributed by atoms with Crippen LogP contribution in [0.3, 0.4) is 0 Å². The Bertz CT molecular complexity index is 1430. The molecular weight excluding hydrogens is 468 g/mol. The van der Waals surface area contributed by atoms with Crippen molar-refractivity contribution in [2.45, 2.75) is 13.3 Å². The molecule has 2 aromatic heterocycles. The van der Waals surface area contributed by atoms with E-state index in [4.69, 9.17) is 0 Å². The smallest absolute Gasteiger partial charge is 0.271 e. The van der Waals surface area contributed by atoms with Crippen molar-refractivity contribution in [3.8, 4) is 16.9 Å². The molecule has 188 valence electrons. The molecule has 0 radical (unpaired) electrons. The zero-order valence-corrected chi connectivity index (χ0v) is 20.6. The highest BCUT2D eigenvalue weighted by atomic mass is 16.3. The number of aromatic nitrogens is 3. The number of rotatable bonds is 6. The highest BCUT2D eigenvalue weighted by molar-refractivity contribution is 6.11. The van der Waals surface area contributed by atoms with Crippen LogP contribution in [0.5, 0.6) is 5.75 Å². The molecule has 0 bridgehead atoms. The molecule has 2 amide bonds. The number of amides is 2. The van der Waals surface area contributed by atoms with E-state index < -0.39 is 0 Å². The Labute approximate surface area is 214 Å². The van der Waals surface area contributed by atoms with Gasteiger partial charge in [0.1, 0.15) is 5.75 Å². The second kappa shape index (κ2) is 10.6. The van der Waals surface area contributed by atoms with Crippen LogP contribution in [0.15, 0.2) is 67.0 Å². The number of carbonyl (C=O) groups is 2. The number of nitrogens with one attached hydrogen (secondary N) is 1. The lowest BCUT2D eigenvalue weighted by Crippen LogP contribution is -2.49. The maximum atomic E-state index is 13.5. The van der Waals surface area contributed by atoms with E-state index >= 15 is 0 Å². The van der Waals surface area contributed by atoms with E-state index in [1.165, 1.54) is 6.20 Å². The molecule has 2 N–H and O–H groups in total. The first kappa shape index (κ1) is 24.2. The fraction of sp³-hybridized carbons (Fsp3) is 0.250. The van der Waals surface area contributed by atoms with Crippen LogP contribution in [0.1, 0.15) is 34.2 Å². The second-order valence-corrected chi connectivity index (χ2v) is 8.95. The summed E-state index contributed by atoms with van der Waals surface area (Å²) in [4.78, 5) is 33.6. The Morgan fingerprint density at radius 3 is 2.43 bits per heavy atom. The lowest BCUT2D eigenvalue weighted by atomic mass is 9.95. The third-order valence-corrected chi connectivity index (χ3v) is 6.50. The molecule has 0 atom stereocenters. The lowest BCUT2D eigenvalue weighted by Gasteiger charge is -2.35. The minimum absolute atomic E-state index is 0.0227. The molecule has 1 fully saturated rings. The maximum absolute atomic E-state index is 13.5. The summed E-state index contributed by atoms with van der Waals surface area (Å²) in [5.74, 6) is 0.535. The Hall–Kier alpha value is -4.53. The number of pyridine rings is 1. The molecule has 0 spiro atoms. The van der Waals surface area contributed by atoms with Gasteiger partial charge in [0.05, 0.1) is 6.20 Å². The molecule has 2 aromatic carbocycles. The van der Waals surface area contributed by atoms with Crippen LogP contribution in [0.2, 0.25) is 0 Å². The zero-order chi connectivity index (χ0) is 25.8. The number of nitrogens with zero attached hydrogens (tertiary/aromatic N) is 5. The van der Waals surface area contributed by atoms with Crippen molar-refractivity contribution in [3.63, 3.8) is 0 Å². The molecule has 0 aliphatic carbocycles. The molecule has 4 aromatic rings. The van der Waals surface area contributed by atoms with E-state index in [1.54, 1.807) is 24.4 Å². The third kappa shape index (κ3) is 5.06. The summed E-state index contributed by atoms with van der Waals surface area (Å²) in [6.07, 6.45) is 3.96. The van der Waals surface area contributed by atoms with Crippen molar-refractivity contribution in [1.82, 2.24) is 25.4 Å². The van der Waals surface area contributed by atoms with E-state index in [0.29, 0.717) is 49.8 Å². The topological polar surface area (TPSA) is 112 Å². The van der Waals surface area contributed by atoms with Gasteiger partial charge in [0.15, 0.2) is 11.5 Å². The van der Waals surface area contributed by atoms with E-state index in [0.717, 1.165) is 28.3 Å². The van der Waals surface area contributed by atoms with Gasteiger partial charge in [-0.1, -0.05) is 37.3 Å². The summed E-state index contributed by atoms with van der Waals surface area (Å²) in [5, 5.41) is 22.8. The van der Waals surface area contributed by atoms with Crippen LogP contribution < -0.4 is 10.2 Å². The Morgan fingerprint density at radius 1 is 0.946 bits per heavy atom. The van der Waals surface area contributed by atoms with Crippen LogP contribution in [-0.2, 0) is 0 Å². The third-order valence-electron chi connectivity index (χ3n) is 6.50. The minimum atomic E-state index is -0.227. The molecule has 1 saturated heterocycles. The van der Waals surface area contributed by atoms with Gasteiger partial charge in [0.25, 0.3) is 11.8 Å². The molecule has 3 heterocycles. The van der Waals surface area contributed by atoms with Crippen LogP contribution >= 0.6 is 0 Å². The molecule has 1 aliphatic heterocycles. The predicted octanol–water partition coefficient (Wildman–Crippen LogP) is 3.50. The molecule has 5 rings (SSSR count). The predicted molar refractivity (Wildman–Crippen MR) is 142 cm³/mol. The largest absolute Gasteiger partial charge is 0.506 e. The minimum Gasteiger partial charge on any atom is -0.506 e. The average Bonchev–Trinajstić information content (AvgIpc) is 2.95. The van der Waals surface area contributed by atoms with Crippen molar-refractivity contribution in [2.24, 2.45) is 0 Å². The van der Waals surface area contributed by atoms with E-state index in [2.05, 4.69) is 25.4 Å². The summed E-state index contributed by atoms with van der Waals surface area (Å²) in [6.45, 7) is 4.92. The molecular formula is C28H28N6O3. The number of carbonyl (C=O) groups excluding carboxylic acids is 2. The van der Waals surface area contributed by atoms with Crippen LogP contribution in [0, 0.1) is 0 Å². The van der Waals surface area contributed by atoms with Gasteiger partial charge in [-0.2, -0.15) is 0 Å². The quantitative estimate of drug-likeness (QED) is 0.420. The van der Waals surface area contributed by atoms with Gasteiger partial charge in [-0.3, -0.25) is 14.6 Å². The van der Waals surface area contributed by atoms with Crippen LogP contribution in [-0.4, -0.2) is 69.7 Å². The fourth-order valence-electron chi connectivity index (χ4n) is 4.57. The number of piperazine rings is 1. The number of hydrogen-bond donors (Lipinski definition) is 2. The first-order chi connectivity index (χ1) is 18.0. The number of anilines is 1.